The summed E-state index contributed by atoms with van der Waals surface area (Å²) >= 11 is 0. The zero-order chi connectivity index (χ0) is 17.2. The lowest BCUT2D eigenvalue weighted by Crippen LogP contribution is -2.31. The summed E-state index contributed by atoms with van der Waals surface area (Å²) in [5.41, 5.74) is 1.66. The Morgan fingerprint density at radius 2 is 2.16 bits per heavy atom. The average molecular weight is 333 g/mol. The Morgan fingerprint density at radius 1 is 1.32 bits per heavy atom. The van der Waals surface area contributed by atoms with Crippen LogP contribution in [0.15, 0.2) is 42.7 Å². The third-order valence-corrected chi connectivity index (χ3v) is 4.24. The number of likely N-dealkylation sites (tertiary alicyclic amines) is 1. The van der Waals surface area contributed by atoms with Crippen molar-refractivity contribution < 1.29 is 9.53 Å². The molecule has 7 nitrogen and oxygen atoms in total. The van der Waals surface area contributed by atoms with E-state index in [4.69, 9.17) is 10.00 Å². The molecule has 0 bridgehead atoms. The van der Waals surface area contributed by atoms with E-state index in [1.165, 1.54) is 12.4 Å². The Bertz CT molecular complexity index is 942. The molecule has 4 rings (SSSR count). The largest absolute Gasteiger partial charge is 0.470 e. The number of amides is 1. The van der Waals surface area contributed by atoms with E-state index in [1.54, 1.807) is 4.90 Å². The van der Waals surface area contributed by atoms with Crippen molar-refractivity contribution in [2.45, 2.75) is 12.5 Å². The molecule has 3 heterocycles. The molecule has 1 aromatic carbocycles. The summed E-state index contributed by atoms with van der Waals surface area (Å²) in [6, 6.07) is 11.6. The number of H-pyrrole nitrogens is 1. The molecule has 7 heteroatoms. The monoisotopic (exact) mass is 333 g/mol. The Kier molecular flexibility index (Phi) is 3.78. The Balaban J connectivity index is 1.46. The number of benzene rings is 1. The minimum absolute atomic E-state index is 0.0537. The number of hydrogen-bond donors (Lipinski definition) is 1. The van der Waals surface area contributed by atoms with Gasteiger partial charge >= 0.3 is 0 Å². The van der Waals surface area contributed by atoms with Crippen LogP contribution in [0.2, 0.25) is 0 Å². The Hall–Kier alpha value is -3.40. The molecular weight excluding hydrogens is 318 g/mol. The van der Waals surface area contributed by atoms with Gasteiger partial charge in [0.05, 0.1) is 6.54 Å². The molecule has 1 amide bonds. The van der Waals surface area contributed by atoms with E-state index in [0.29, 0.717) is 25.2 Å². The standard InChI is InChI=1S/C18H15N5O2/c19-10-16-17(21-7-6-20-16)25-13-5-8-23(11-13)18(24)15-9-12-3-1-2-4-14(12)22-15/h1-4,6-7,9,13,22H,5,8,11H2/t13-/m1/s1. The van der Waals surface area contributed by atoms with Gasteiger partial charge < -0.3 is 14.6 Å². The number of ether oxygens (including phenoxy) is 1. The number of rotatable bonds is 3. The number of nitrogens with zero attached hydrogens (tertiary/aromatic N) is 4. The lowest BCUT2D eigenvalue weighted by molar-refractivity contribution is 0.0766. The van der Waals surface area contributed by atoms with Gasteiger partial charge in [0, 0.05) is 36.3 Å². The van der Waals surface area contributed by atoms with Crippen LogP contribution in [0, 0.1) is 11.3 Å². The van der Waals surface area contributed by atoms with E-state index < -0.39 is 0 Å². The third kappa shape index (κ3) is 2.90. The van der Waals surface area contributed by atoms with Crippen LogP contribution in [0.25, 0.3) is 10.9 Å². The van der Waals surface area contributed by atoms with Crippen LogP contribution in [0.3, 0.4) is 0 Å². The molecule has 3 aromatic rings. The maximum atomic E-state index is 12.7. The fraction of sp³-hybridized carbons (Fsp3) is 0.222. The molecule has 1 aliphatic rings. The van der Waals surface area contributed by atoms with Crippen LogP contribution in [0.4, 0.5) is 0 Å². The van der Waals surface area contributed by atoms with Crippen molar-refractivity contribution in [1.82, 2.24) is 19.9 Å². The minimum Gasteiger partial charge on any atom is -0.470 e. The molecular formula is C18H15N5O2. The van der Waals surface area contributed by atoms with E-state index in [9.17, 15) is 4.79 Å². The normalized spacial score (nSPS) is 16.8. The molecule has 1 fully saturated rings. The first-order valence-corrected chi connectivity index (χ1v) is 7.99. The van der Waals surface area contributed by atoms with Gasteiger partial charge in [-0.15, -0.1) is 0 Å². The molecule has 1 aliphatic heterocycles. The number of aromatic amines is 1. The summed E-state index contributed by atoms with van der Waals surface area (Å²) in [7, 11) is 0. The van der Waals surface area contributed by atoms with Gasteiger partial charge in [0.1, 0.15) is 17.9 Å². The number of carbonyl (C=O) groups excluding carboxylic acids is 1. The lowest BCUT2D eigenvalue weighted by atomic mass is 10.2. The smallest absolute Gasteiger partial charge is 0.270 e. The summed E-state index contributed by atoms with van der Waals surface area (Å²) in [5.74, 6) is 0.164. The second kappa shape index (κ2) is 6.24. The number of nitriles is 1. The zero-order valence-corrected chi connectivity index (χ0v) is 13.3. The highest BCUT2D eigenvalue weighted by Gasteiger charge is 2.30. The molecule has 124 valence electrons. The van der Waals surface area contributed by atoms with E-state index in [2.05, 4.69) is 15.0 Å². The number of hydrogen-bond acceptors (Lipinski definition) is 5. The molecule has 1 atom stereocenters. The van der Waals surface area contributed by atoms with Gasteiger partial charge in [-0.05, 0) is 12.1 Å². The quantitative estimate of drug-likeness (QED) is 0.792. The van der Waals surface area contributed by atoms with Crippen LogP contribution >= 0.6 is 0 Å². The second-order valence-corrected chi connectivity index (χ2v) is 5.87. The predicted octanol–water partition coefficient (Wildman–Crippen LogP) is 2.12. The first-order chi connectivity index (χ1) is 12.2. The fourth-order valence-electron chi connectivity index (χ4n) is 3.01. The second-order valence-electron chi connectivity index (χ2n) is 5.87. The van der Waals surface area contributed by atoms with Crippen molar-refractivity contribution in [2.24, 2.45) is 0 Å². The maximum Gasteiger partial charge on any atom is 0.270 e. The number of aromatic nitrogens is 3. The lowest BCUT2D eigenvalue weighted by Gasteiger charge is -2.16. The number of para-hydroxylation sites is 1. The maximum absolute atomic E-state index is 12.7. The van der Waals surface area contributed by atoms with E-state index in [-0.39, 0.29) is 23.6 Å². The molecule has 1 N–H and O–H groups in total. The highest BCUT2D eigenvalue weighted by molar-refractivity contribution is 5.98. The Labute approximate surface area is 143 Å². The van der Waals surface area contributed by atoms with Crippen molar-refractivity contribution in [3.8, 4) is 11.9 Å². The molecule has 0 aliphatic carbocycles. The zero-order valence-electron chi connectivity index (χ0n) is 13.3. The van der Waals surface area contributed by atoms with Gasteiger partial charge in [-0.25, -0.2) is 9.97 Å². The van der Waals surface area contributed by atoms with Crippen LogP contribution in [-0.2, 0) is 0 Å². The van der Waals surface area contributed by atoms with Crippen molar-refractivity contribution in [3.63, 3.8) is 0 Å². The van der Waals surface area contributed by atoms with Crippen molar-refractivity contribution in [1.29, 1.82) is 5.26 Å². The Morgan fingerprint density at radius 3 is 3.00 bits per heavy atom. The van der Waals surface area contributed by atoms with Gasteiger partial charge in [0.2, 0.25) is 5.69 Å². The van der Waals surface area contributed by atoms with Crippen LogP contribution < -0.4 is 4.74 Å². The van der Waals surface area contributed by atoms with E-state index >= 15 is 0 Å². The van der Waals surface area contributed by atoms with Gasteiger partial charge in [-0.2, -0.15) is 5.26 Å². The molecule has 0 unspecified atom stereocenters. The van der Waals surface area contributed by atoms with Crippen molar-refractivity contribution >= 4 is 16.8 Å². The van der Waals surface area contributed by atoms with Gasteiger partial charge in [-0.3, -0.25) is 4.79 Å². The third-order valence-electron chi connectivity index (χ3n) is 4.24. The highest BCUT2D eigenvalue weighted by atomic mass is 16.5. The topological polar surface area (TPSA) is 94.9 Å². The molecule has 1 saturated heterocycles. The van der Waals surface area contributed by atoms with E-state index in [0.717, 1.165) is 10.9 Å². The summed E-state index contributed by atoms with van der Waals surface area (Å²) in [6.45, 7) is 1.05. The molecule has 0 saturated carbocycles. The summed E-state index contributed by atoms with van der Waals surface area (Å²) in [6.07, 6.45) is 3.43. The van der Waals surface area contributed by atoms with Crippen LogP contribution in [-0.4, -0.2) is 45.0 Å². The first-order valence-electron chi connectivity index (χ1n) is 7.99. The van der Waals surface area contributed by atoms with Crippen molar-refractivity contribution in [3.05, 3.63) is 54.1 Å². The van der Waals surface area contributed by atoms with E-state index in [1.807, 2.05) is 36.4 Å². The molecule has 25 heavy (non-hydrogen) atoms. The predicted molar refractivity (Wildman–Crippen MR) is 90.0 cm³/mol. The summed E-state index contributed by atoms with van der Waals surface area (Å²) in [4.78, 5) is 25.6. The molecule has 0 spiro atoms. The summed E-state index contributed by atoms with van der Waals surface area (Å²) < 4.78 is 5.77. The fourth-order valence-corrected chi connectivity index (χ4v) is 3.01. The van der Waals surface area contributed by atoms with Crippen LogP contribution in [0.1, 0.15) is 22.6 Å². The van der Waals surface area contributed by atoms with Gasteiger partial charge in [0.15, 0.2) is 0 Å². The number of fused-ring (bicyclic) bond motifs is 1. The average Bonchev–Trinajstić information content (AvgIpc) is 3.28. The summed E-state index contributed by atoms with van der Waals surface area (Å²) in [5, 5.41) is 10.1. The molecule has 0 radical (unpaired) electrons. The van der Waals surface area contributed by atoms with Gasteiger partial charge in [-0.1, -0.05) is 18.2 Å². The van der Waals surface area contributed by atoms with Gasteiger partial charge in [0.25, 0.3) is 11.8 Å². The van der Waals surface area contributed by atoms with Crippen molar-refractivity contribution in [2.75, 3.05) is 13.1 Å². The SMILES string of the molecule is N#Cc1nccnc1O[C@@H]1CCN(C(=O)c2cc3ccccc3[nH]2)C1. The molecule has 2 aromatic heterocycles. The minimum atomic E-state index is -0.197. The van der Waals surface area contributed by atoms with Crippen LogP contribution in [0.5, 0.6) is 5.88 Å². The highest BCUT2D eigenvalue weighted by Crippen LogP contribution is 2.21. The number of nitrogens with one attached hydrogen (secondary N) is 1. The first kappa shape index (κ1) is 15.1. The number of carbonyl (C=O) groups is 1.